The number of carbonyl (C=O) groups is 1. The molecule has 0 spiro atoms. The van der Waals surface area contributed by atoms with Crippen molar-refractivity contribution in [2.45, 2.75) is 25.2 Å². The number of likely N-dealkylation sites (tertiary alicyclic amines) is 1. The molecule has 0 radical (unpaired) electrons. The summed E-state index contributed by atoms with van der Waals surface area (Å²) in [5, 5.41) is 16.2. The number of halogens is 3. The molecule has 2 unspecified atom stereocenters. The number of nitrogens with one attached hydrogen (secondary N) is 1. The predicted octanol–water partition coefficient (Wildman–Crippen LogP) is 5.26. The molecule has 0 saturated carbocycles. The van der Waals surface area contributed by atoms with E-state index in [1.54, 1.807) is 23.1 Å². The molecule has 200 valence electrons. The fourth-order valence-corrected chi connectivity index (χ4v) is 5.64. The zero-order chi connectivity index (χ0) is 26.6. The molecule has 2 N–H and O–H groups in total. The second-order valence-electron chi connectivity index (χ2n) is 9.95. The van der Waals surface area contributed by atoms with Gasteiger partial charge in [0.2, 0.25) is 0 Å². The van der Waals surface area contributed by atoms with Crippen LogP contribution in [0.25, 0.3) is 0 Å². The molecule has 38 heavy (non-hydrogen) atoms. The average Bonchev–Trinajstić information content (AvgIpc) is 3.31. The van der Waals surface area contributed by atoms with Gasteiger partial charge < -0.3 is 15.3 Å². The topological polar surface area (TPSA) is 59.1 Å². The lowest BCUT2D eigenvalue weighted by Crippen LogP contribution is -2.53. The number of hydrogen-bond donors (Lipinski definition) is 2. The van der Waals surface area contributed by atoms with Crippen molar-refractivity contribution in [3.63, 3.8) is 0 Å². The van der Waals surface area contributed by atoms with Gasteiger partial charge in [0.15, 0.2) is 0 Å². The van der Waals surface area contributed by atoms with Crippen molar-refractivity contribution in [3.05, 3.63) is 98.5 Å². The van der Waals surface area contributed by atoms with Crippen molar-refractivity contribution < 1.29 is 9.90 Å². The quantitative estimate of drug-likeness (QED) is 0.404. The van der Waals surface area contributed by atoms with E-state index in [1.165, 1.54) is 5.56 Å². The minimum absolute atomic E-state index is 0.0746. The second kappa shape index (κ2) is 12.2. The molecule has 2 aliphatic rings. The number of benzene rings is 3. The minimum Gasteiger partial charge on any atom is -0.390 e. The van der Waals surface area contributed by atoms with Crippen LogP contribution >= 0.6 is 34.8 Å². The Morgan fingerprint density at radius 2 is 1.42 bits per heavy atom. The largest absolute Gasteiger partial charge is 0.390 e. The van der Waals surface area contributed by atoms with E-state index in [1.807, 2.05) is 36.4 Å². The van der Waals surface area contributed by atoms with Crippen LogP contribution < -0.4 is 5.32 Å². The first kappa shape index (κ1) is 27.3. The molecule has 2 saturated heterocycles. The lowest BCUT2D eigenvalue weighted by Gasteiger charge is -2.38. The highest BCUT2D eigenvalue weighted by molar-refractivity contribution is 6.31. The smallest absolute Gasteiger partial charge is 0.256 e. The third kappa shape index (κ3) is 6.63. The zero-order valence-corrected chi connectivity index (χ0v) is 23.3. The van der Waals surface area contributed by atoms with Crippen LogP contribution in [0.1, 0.15) is 21.5 Å². The van der Waals surface area contributed by atoms with Gasteiger partial charge in [-0.25, -0.2) is 0 Å². The Labute approximate surface area is 238 Å². The van der Waals surface area contributed by atoms with E-state index in [2.05, 4.69) is 27.2 Å². The Morgan fingerprint density at radius 1 is 0.816 bits per heavy atom. The highest BCUT2D eigenvalue weighted by atomic mass is 35.5. The van der Waals surface area contributed by atoms with Crippen LogP contribution in [0.2, 0.25) is 15.1 Å². The first-order chi connectivity index (χ1) is 18.4. The normalized spacial score (nSPS) is 20.6. The maximum Gasteiger partial charge on any atom is 0.256 e. The van der Waals surface area contributed by atoms with Crippen LogP contribution in [-0.4, -0.2) is 77.1 Å². The third-order valence-electron chi connectivity index (χ3n) is 7.35. The van der Waals surface area contributed by atoms with Gasteiger partial charge in [0, 0.05) is 73.1 Å². The van der Waals surface area contributed by atoms with Crippen molar-refractivity contribution in [1.29, 1.82) is 0 Å². The molecule has 6 nitrogen and oxygen atoms in total. The summed E-state index contributed by atoms with van der Waals surface area (Å²) in [6.07, 6.45) is -0.584. The summed E-state index contributed by atoms with van der Waals surface area (Å²) in [6.45, 7) is 5.75. The van der Waals surface area contributed by atoms with Crippen LogP contribution in [0, 0.1) is 0 Å². The lowest BCUT2D eigenvalue weighted by atomic mass is 10.1. The van der Waals surface area contributed by atoms with Crippen molar-refractivity contribution in [1.82, 2.24) is 14.7 Å². The number of anilines is 1. The second-order valence-corrected chi connectivity index (χ2v) is 11.3. The Bertz CT molecular complexity index is 1250. The summed E-state index contributed by atoms with van der Waals surface area (Å²) in [4.78, 5) is 20.1. The number of aliphatic hydroxyl groups is 1. The molecule has 3 aromatic carbocycles. The van der Waals surface area contributed by atoms with Gasteiger partial charge in [-0.2, -0.15) is 0 Å². The maximum absolute atomic E-state index is 13.6. The number of β-amino-alcohol motifs (C(OH)–C–C–N with tert-alkyl or cyclic N) is 1. The fourth-order valence-electron chi connectivity index (χ4n) is 5.21. The lowest BCUT2D eigenvalue weighted by molar-refractivity contribution is 0.0423. The van der Waals surface area contributed by atoms with Crippen LogP contribution in [0.3, 0.4) is 0 Å². The Morgan fingerprint density at radius 3 is 2.08 bits per heavy atom. The number of aliphatic hydroxyl groups excluding tert-OH is 1. The first-order valence-corrected chi connectivity index (χ1v) is 13.9. The molecule has 2 aliphatic heterocycles. The van der Waals surface area contributed by atoms with Crippen LogP contribution in [-0.2, 0) is 13.1 Å². The molecule has 9 heteroatoms. The standard InChI is InChI=1S/C29H31Cl3N4O2/c30-22-5-1-20(2-6-22)16-33-26-15-24(32)9-10-25(26)29(38)36-18-27(28(37)19-36)35-13-11-34(12-14-35)17-21-3-7-23(31)8-4-21/h1-10,15,27-28,33,37H,11-14,16-19H2. The predicted molar refractivity (Wildman–Crippen MR) is 154 cm³/mol. The van der Waals surface area contributed by atoms with Gasteiger partial charge in [-0.15, -0.1) is 0 Å². The van der Waals surface area contributed by atoms with Crippen molar-refractivity contribution in [3.8, 4) is 0 Å². The SMILES string of the molecule is O=C(c1ccc(Cl)cc1NCc1ccc(Cl)cc1)N1CC(O)C(N2CCN(Cc3ccc(Cl)cc3)CC2)C1. The van der Waals surface area contributed by atoms with Gasteiger partial charge in [-0.3, -0.25) is 14.6 Å². The number of amides is 1. The summed E-state index contributed by atoms with van der Waals surface area (Å²) in [6, 6.07) is 20.7. The molecule has 0 aromatic heterocycles. The highest BCUT2D eigenvalue weighted by Gasteiger charge is 2.39. The van der Waals surface area contributed by atoms with Gasteiger partial charge in [-0.1, -0.05) is 59.1 Å². The summed E-state index contributed by atoms with van der Waals surface area (Å²) in [7, 11) is 0. The monoisotopic (exact) mass is 572 g/mol. The van der Waals surface area contributed by atoms with Gasteiger partial charge in [0.25, 0.3) is 5.91 Å². The molecule has 2 fully saturated rings. The molecular formula is C29H31Cl3N4O2. The van der Waals surface area contributed by atoms with E-state index >= 15 is 0 Å². The molecule has 1 amide bonds. The van der Waals surface area contributed by atoms with Gasteiger partial charge in [-0.05, 0) is 53.6 Å². The Balaban J connectivity index is 1.19. The number of nitrogens with zero attached hydrogens (tertiary/aromatic N) is 3. The highest BCUT2D eigenvalue weighted by Crippen LogP contribution is 2.27. The van der Waals surface area contributed by atoms with E-state index in [0.717, 1.165) is 43.3 Å². The average molecular weight is 574 g/mol. The van der Waals surface area contributed by atoms with Gasteiger partial charge >= 0.3 is 0 Å². The summed E-state index contributed by atoms with van der Waals surface area (Å²) >= 11 is 18.3. The summed E-state index contributed by atoms with van der Waals surface area (Å²) in [5.74, 6) is -0.108. The first-order valence-electron chi connectivity index (χ1n) is 12.8. The van der Waals surface area contributed by atoms with Crippen molar-refractivity contribution in [2.75, 3.05) is 44.6 Å². The number of carbonyl (C=O) groups excluding carboxylic acids is 1. The van der Waals surface area contributed by atoms with E-state index in [-0.39, 0.29) is 11.9 Å². The maximum atomic E-state index is 13.6. The number of hydrogen-bond acceptors (Lipinski definition) is 5. The molecular weight excluding hydrogens is 543 g/mol. The van der Waals surface area contributed by atoms with E-state index < -0.39 is 6.10 Å². The van der Waals surface area contributed by atoms with E-state index in [4.69, 9.17) is 34.8 Å². The van der Waals surface area contributed by atoms with E-state index in [9.17, 15) is 9.90 Å². The minimum atomic E-state index is -0.584. The fraction of sp³-hybridized carbons (Fsp3) is 0.345. The molecule has 0 bridgehead atoms. The van der Waals surface area contributed by atoms with Crippen molar-refractivity contribution in [2.24, 2.45) is 0 Å². The molecule has 2 atom stereocenters. The van der Waals surface area contributed by atoms with Gasteiger partial charge in [0.1, 0.15) is 0 Å². The van der Waals surface area contributed by atoms with Crippen LogP contribution in [0.5, 0.6) is 0 Å². The molecule has 5 rings (SSSR count). The third-order valence-corrected chi connectivity index (χ3v) is 8.09. The number of rotatable bonds is 7. The Hall–Kier alpha value is -2.32. The van der Waals surface area contributed by atoms with Crippen LogP contribution in [0.15, 0.2) is 66.7 Å². The molecule has 0 aliphatic carbocycles. The summed E-state index contributed by atoms with van der Waals surface area (Å²) in [5.41, 5.74) is 3.50. The summed E-state index contributed by atoms with van der Waals surface area (Å²) < 4.78 is 0. The zero-order valence-electron chi connectivity index (χ0n) is 21.0. The Kier molecular flexibility index (Phi) is 8.78. The number of piperazine rings is 1. The van der Waals surface area contributed by atoms with E-state index in [0.29, 0.717) is 40.9 Å². The van der Waals surface area contributed by atoms with Gasteiger partial charge in [0.05, 0.1) is 17.7 Å². The molecule has 3 aromatic rings. The van der Waals surface area contributed by atoms with Crippen molar-refractivity contribution >= 4 is 46.4 Å². The van der Waals surface area contributed by atoms with Crippen LogP contribution in [0.4, 0.5) is 5.69 Å². The molecule has 2 heterocycles.